The summed E-state index contributed by atoms with van der Waals surface area (Å²) in [5, 5.41) is 3.88. The van der Waals surface area contributed by atoms with Crippen LogP contribution in [-0.4, -0.2) is 54.1 Å². The average Bonchev–Trinajstić information content (AvgIpc) is 3.10. The zero-order valence-corrected chi connectivity index (χ0v) is 13.6. The molecule has 0 amide bonds. The third-order valence-electron chi connectivity index (χ3n) is 5.92. The van der Waals surface area contributed by atoms with Crippen LogP contribution in [0.4, 0.5) is 0 Å². The van der Waals surface area contributed by atoms with Gasteiger partial charge in [0.1, 0.15) is 0 Å². The van der Waals surface area contributed by atoms with Gasteiger partial charge in [0.2, 0.25) is 0 Å². The van der Waals surface area contributed by atoms with E-state index in [0.717, 1.165) is 25.2 Å². The second-order valence-corrected chi connectivity index (χ2v) is 7.24. The first-order chi connectivity index (χ1) is 10.9. The number of hydrogen-bond donors (Lipinski definition) is 1. The third kappa shape index (κ3) is 2.94. The van der Waals surface area contributed by atoms with Crippen LogP contribution in [0.1, 0.15) is 37.7 Å². The molecule has 0 spiro atoms. The standard InChI is InChI=1S/C19H29N3/c1-2-7-16(8-3-1)15-22-14-11-20-19-17(9-6-10-18(19)22)21-12-4-5-13-21/h1-3,7-8,17-20H,4-6,9-15H2/t17-,18+,19+/m1/s1. The normalized spacial score (nSPS) is 33.7. The van der Waals surface area contributed by atoms with E-state index in [9.17, 15) is 0 Å². The monoisotopic (exact) mass is 299 g/mol. The number of fused-ring (bicyclic) bond motifs is 1. The van der Waals surface area contributed by atoms with Crippen LogP contribution in [0, 0.1) is 0 Å². The van der Waals surface area contributed by atoms with E-state index in [1.54, 1.807) is 0 Å². The minimum Gasteiger partial charge on any atom is -0.310 e. The van der Waals surface area contributed by atoms with Crippen molar-refractivity contribution >= 4 is 0 Å². The highest BCUT2D eigenvalue weighted by Gasteiger charge is 2.41. The summed E-state index contributed by atoms with van der Waals surface area (Å²) in [6.07, 6.45) is 6.97. The topological polar surface area (TPSA) is 18.5 Å². The van der Waals surface area contributed by atoms with E-state index in [1.165, 1.54) is 57.3 Å². The van der Waals surface area contributed by atoms with Crippen LogP contribution in [0.25, 0.3) is 0 Å². The maximum atomic E-state index is 3.88. The Labute approximate surface area is 134 Å². The molecule has 1 aromatic carbocycles. The van der Waals surface area contributed by atoms with Crippen molar-refractivity contribution in [2.24, 2.45) is 0 Å². The van der Waals surface area contributed by atoms with E-state index >= 15 is 0 Å². The van der Waals surface area contributed by atoms with Gasteiger partial charge in [0, 0.05) is 37.8 Å². The zero-order chi connectivity index (χ0) is 14.8. The van der Waals surface area contributed by atoms with E-state index in [2.05, 4.69) is 45.4 Å². The summed E-state index contributed by atoms with van der Waals surface area (Å²) in [5.41, 5.74) is 1.46. The molecule has 22 heavy (non-hydrogen) atoms. The lowest BCUT2D eigenvalue weighted by molar-refractivity contribution is 0.0278. The predicted molar refractivity (Wildman–Crippen MR) is 90.9 cm³/mol. The van der Waals surface area contributed by atoms with Gasteiger partial charge in [0.15, 0.2) is 0 Å². The van der Waals surface area contributed by atoms with Crippen LogP contribution in [0.5, 0.6) is 0 Å². The molecule has 3 nitrogen and oxygen atoms in total. The van der Waals surface area contributed by atoms with Crippen molar-refractivity contribution < 1.29 is 0 Å². The fourth-order valence-corrected chi connectivity index (χ4v) is 4.87. The second kappa shape index (κ2) is 6.69. The minimum atomic E-state index is 0.685. The lowest BCUT2D eigenvalue weighted by Crippen LogP contribution is -2.66. The first kappa shape index (κ1) is 14.7. The number of rotatable bonds is 3. The van der Waals surface area contributed by atoms with E-state index in [0.29, 0.717) is 6.04 Å². The van der Waals surface area contributed by atoms with E-state index < -0.39 is 0 Å². The number of likely N-dealkylation sites (tertiary alicyclic amines) is 1. The van der Waals surface area contributed by atoms with Gasteiger partial charge in [0.05, 0.1) is 0 Å². The predicted octanol–water partition coefficient (Wildman–Crippen LogP) is 2.48. The molecule has 120 valence electrons. The maximum absolute atomic E-state index is 3.88. The number of benzene rings is 1. The van der Waals surface area contributed by atoms with Crippen LogP contribution in [0.2, 0.25) is 0 Å². The molecular formula is C19H29N3. The Morgan fingerprint density at radius 2 is 1.68 bits per heavy atom. The van der Waals surface area contributed by atoms with Crippen molar-refractivity contribution in [2.75, 3.05) is 26.2 Å². The Hall–Kier alpha value is -0.900. The summed E-state index contributed by atoms with van der Waals surface area (Å²) in [5.74, 6) is 0. The van der Waals surface area contributed by atoms with Gasteiger partial charge in [-0.3, -0.25) is 9.80 Å². The third-order valence-corrected chi connectivity index (χ3v) is 5.92. The van der Waals surface area contributed by atoms with Gasteiger partial charge in [-0.15, -0.1) is 0 Å². The van der Waals surface area contributed by atoms with Gasteiger partial charge in [-0.05, 0) is 44.3 Å². The van der Waals surface area contributed by atoms with Crippen molar-refractivity contribution in [3.63, 3.8) is 0 Å². The molecule has 3 aliphatic rings. The summed E-state index contributed by atoms with van der Waals surface area (Å²) >= 11 is 0. The number of nitrogens with zero attached hydrogens (tertiary/aromatic N) is 2. The summed E-state index contributed by atoms with van der Waals surface area (Å²) in [4.78, 5) is 5.52. The van der Waals surface area contributed by atoms with Crippen molar-refractivity contribution in [1.29, 1.82) is 0 Å². The number of hydrogen-bond acceptors (Lipinski definition) is 3. The molecule has 0 unspecified atom stereocenters. The van der Waals surface area contributed by atoms with Gasteiger partial charge < -0.3 is 5.32 Å². The summed E-state index contributed by atoms with van der Waals surface area (Å²) < 4.78 is 0. The van der Waals surface area contributed by atoms with Crippen molar-refractivity contribution in [1.82, 2.24) is 15.1 Å². The second-order valence-electron chi connectivity index (χ2n) is 7.24. The minimum absolute atomic E-state index is 0.685. The summed E-state index contributed by atoms with van der Waals surface area (Å²) in [6.45, 7) is 6.13. The molecule has 0 aromatic heterocycles. The molecule has 3 heteroatoms. The van der Waals surface area contributed by atoms with Gasteiger partial charge in [0.25, 0.3) is 0 Å². The maximum Gasteiger partial charge on any atom is 0.0380 e. The molecular weight excluding hydrogens is 270 g/mol. The molecule has 3 atom stereocenters. The first-order valence-electron chi connectivity index (χ1n) is 9.17. The molecule has 0 bridgehead atoms. The summed E-state index contributed by atoms with van der Waals surface area (Å²) in [7, 11) is 0. The van der Waals surface area contributed by atoms with Crippen LogP contribution < -0.4 is 5.32 Å². The molecule has 0 radical (unpaired) electrons. The largest absolute Gasteiger partial charge is 0.310 e. The SMILES string of the molecule is c1ccc(CN2CCN[C@H]3[C@H](N4CCCC4)CCC[C@@H]32)cc1. The van der Waals surface area contributed by atoms with Gasteiger partial charge in [-0.2, -0.15) is 0 Å². The molecule has 2 aliphatic heterocycles. The fourth-order valence-electron chi connectivity index (χ4n) is 4.87. The highest BCUT2D eigenvalue weighted by molar-refractivity contribution is 5.15. The van der Waals surface area contributed by atoms with Crippen molar-refractivity contribution in [3.05, 3.63) is 35.9 Å². The van der Waals surface area contributed by atoms with E-state index in [1.807, 2.05) is 0 Å². The quantitative estimate of drug-likeness (QED) is 0.925. The van der Waals surface area contributed by atoms with E-state index in [-0.39, 0.29) is 0 Å². The molecule has 1 N–H and O–H groups in total. The van der Waals surface area contributed by atoms with Crippen molar-refractivity contribution in [2.45, 2.75) is 56.8 Å². The molecule has 1 aromatic rings. The highest BCUT2D eigenvalue weighted by atomic mass is 15.3. The molecule has 1 saturated carbocycles. The van der Waals surface area contributed by atoms with Crippen LogP contribution in [-0.2, 0) is 6.54 Å². The lowest BCUT2D eigenvalue weighted by Gasteiger charge is -2.50. The van der Waals surface area contributed by atoms with Crippen molar-refractivity contribution in [3.8, 4) is 0 Å². The number of piperazine rings is 1. The highest BCUT2D eigenvalue weighted by Crippen LogP contribution is 2.31. The van der Waals surface area contributed by atoms with Crippen LogP contribution in [0.15, 0.2) is 30.3 Å². The Morgan fingerprint density at radius 3 is 2.50 bits per heavy atom. The van der Waals surface area contributed by atoms with Gasteiger partial charge >= 0.3 is 0 Å². The molecule has 4 rings (SSSR count). The lowest BCUT2D eigenvalue weighted by atomic mass is 9.82. The average molecular weight is 299 g/mol. The molecule has 2 heterocycles. The van der Waals surface area contributed by atoms with Crippen LogP contribution in [0.3, 0.4) is 0 Å². The Morgan fingerprint density at radius 1 is 0.909 bits per heavy atom. The van der Waals surface area contributed by atoms with Gasteiger partial charge in [-0.1, -0.05) is 36.8 Å². The Bertz CT molecular complexity index is 469. The number of nitrogens with one attached hydrogen (secondary N) is 1. The summed E-state index contributed by atoms with van der Waals surface area (Å²) in [6, 6.07) is 13.2. The Balaban J connectivity index is 1.48. The molecule has 1 aliphatic carbocycles. The van der Waals surface area contributed by atoms with E-state index in [4.69, 9.17) is 0 Å². The smallest absolute Gasteiger partial charge is 0.0380 e. The fraction of sp³-hybridized carbons (Fsp3) is 0.684. The molecule has 3 fully saturated rings. The Kier molecular flexibility index (Phi) is 4.47. The molecule has 2 saturated heterocycles. The zero-order valence-electron chi connectivity index (χ0n) is 13.6. The van der Waals surface area contributed by atoms with Crippen LogP contribution >= 0.6 is 0 Å². The van der Waals surface area contributed by atoms with Gasteiger partial charge in [-0.25, -0.2) is 0 Å². The first-order valence-corrected chi connectivity index (χ1v) is 9.17.